The zero-order valence-electron chi connectivity index (χ0n) is 10.8. The van der Waals surface area contributed by atoms with Crippen molar-refractivity contribution in [2.45, 2.75) is 25.8 Å². The van der Waals surface area contributed by atoms with Crippen LogP contribution >= 0.6 is 11.6 Å². The first-order valence-electron chi connectivity index (χ1n) is 6.90. The average molecular weight is 262 g/mol. The molecule has 0 amide bonds. The van der Waals surface area contributed by atoms with Crippen molar-refractivity contribution in [1.82, 2.24) is 5.32 Å². The van der Waals surface area contributed by atoms with E-state index in [0.29, 0.717) is 6.04 Å². The van der Waals surface area contributed by atoms with Gasteiger partial charge in [0, 0.05) is 11.1 Å². The maximum atomic E-state index is 6.23. The summed E-state index contributed by atoms with van der Waals surface area (Å²) in [6.45, 7) is 3.31. The number of hydrogen-bond donors (Lipinski definition) is 1. The molecule has 96 valence electrons. The molecule has 1 saturated carbocycles. The summed E-state index contributed by atoms with van der Waals surface area (Å²) in [7, 11) is 0. The largest absolute Gasteiger partial charge is 0.310 e. The van der Waals surface area contributed by atoms with Crippen LogP contribution in [0.25, 0.3) is 0 Å². The summed E-state index contributed by atoms with van der Waals surface area (Å²) in [5.74, 6) is 2.50. The van der Waals surface area contributed by atoms with E-state index in [9.17, 15) is 0 Å². The van der Waals surface area contributed by atoms with Crippen molar-refractivity contribution in [3.05, 3.63) is 47.0 Å². The van der Waals surface area contributed by atoms with Crippen molar-refractivity contribution in [2.24, 2.45) is 17.8 Å². The molecule has 2 bridgehead atoms. The van der Waals surface area contributed by atoms with Crippen LogP contribution in [-0.2, 0) is 0 Å². The lowest BCUT2D eigenvalue weighted by atomic mass is 9.93. The second kappa shape index (κ2) is 5.07. The first-order chi connectivity index (χ1) is 8.74. The van der Waals surface area contributed by atoms with Gasteiger partial charge in [-0.2, -0.15) is 0 Å². The van der Waals surface area contributed by atoms with E-state index in [0.717, 1.165) is 29.3 Å². The SMILES string of the molecule is C[C@H](NCC1CC2C=CC1C2)c1ccccc1Cl. The van der Waals surface area contributed by atoms with E-state index in [1.807, 2.05) is 12.1 Å². The van der Waals surface area contributed by atoms with Crippen LogP contribution in [0.2, 0.25) is 5.02 Å². The molecule has 0 aromatic heterocycles. The summed E-state index contributed by atoms with van der Waals surface area (Å²) in [5.41, 5.74) is 1.21. The Kier molecular flexibility index (Phi) is 3.45. The predicted molar refractivity (Wildman–Crippen MR) is 76.7 cm³/mol. The van der Waals surface area contributed by atoms with Crippen molar-refractivity contribution in [2.75, 3.05) is 6.54 Å². The first-order valence-corrected chi connectivity index (χ1v) is 7.28. The van der Waals surface area contributed by atoms with E-state index in [1.165, 1.54) is 18.4 Å². The van der Waals surface area contributed by atoms with E-state index in [-0.39, 0.29) is 0 Å². The Morgan fingerprint density at radius 1 is 1.28 bits per heavy atom. The lowest BCUT2D eigenvalue weighted by Crippen LogP contribution is -2.28. The highest BCUT2D eigenvalue weighted by molar-refractivity contribution is 6.31. The summed E-state index contributed by atoms with van der Waals surface area (Å²) >= 11 is 6.23. The van der Waals surface area contributed by atoms with Crippen molar-refractivity contribution < 1.29 is 0 Å². The molecule has 18 heavy (non-hydrogen) atoms. The van der Waals surface area contributed by atoms with Crippen molar-refractivity contribution in [3.63, 3.8) is 0 Å². The number of fused-ring (bicyclic) bond motifs is 2. The molecule has 0 heterocycles. The first kappa shape index (κ1) is 12.3. The van der Waals surface area contributed by atoms with E-state index < -0.39 is 0 Å². The topological polar surface area (TPSA) is 12.0 Å². The number of halogens is 1. The normalized spacial score (nSPS) is 30.9. The van der Waals surface area contributed by atoms with Gasteiger partial charge < -0.3 is 5.32 Å². The third kappa shape index (κ3) is 2.34. The third-order valence-electron chi connectivity index (χ3n) is 4.47. The summed E-state index contributed by atoms with van der Waals surface area (Å²) in [6, 6.07) is 8.46. The van der Waals surface area contributed by atoms with Gasteiger partial charge in [0.2, 0.25) is 0 Å². The van der Waals surface area contributed by atoms with Gasteiger partial charge in [-0.15, -0.1) is 0 Å². The molecule has 3 unspecified atom stereocenters. The molecule has 1 aromatic rings. The van der Waals surface area contributed by atoms with Crippen LogP contribution < -0.4 is 5.32 Å². The number of hydrogen-bond acceptors (Lipinski definition) is 1. The molecular formula is C16H20ClN. The van der Waals surface area contributed by atoms with Crippen molar-refractivity contribution >= 4 is 11.6 Å². The highest BCUT2D eigenvalue weighted by Crippen LogP contribution is 2.43. The monoisotopic (exact) mass is 261 g/mol. The summed E-state index contributed by atoms with van der Waals surface area (Å²) in [5, 5.41) is 4.51. The standard InChI is InChI=1S/C16H20ClN/c1-11(15-4-2-3-5-16(15)17)18-10-14-9-12-6-7-13(14)8-12/h2-7,11-14,18H,8-10H2,1H3/t11-,12?,13?,14?/m0/s1. The molecular weight excluding hydrogens is 242 g/mol. The molecule has 0 radical (unpaired) electrons. The van der Waals surface area contributed by atoms with E-state index in [1.54, 1.807) is 0 Å². The number of benzene rings is 1. The fourth-order valence-corrected chi connectivity index (χ4v) is 3.69. The number of rotatable bonds is 4. The zero-order chi connectivity index (χ0) is 12.5. The Hall–Kier alpha value is -0.790. The molecule has 2 aliphatic carbocycles. The maximum absolute atomic E-state index is 6.23. The van der Waals surface area contributed by atoms with E-state index in [4.69, 9.17) is 11.6 Å². The quantitative estimate of drug-likeness (QED) is 0.801. The third-order valence-corrected chi connectivity index (χ3v) is 4.82. The van der Waals surface area contributed by atoms with Crippen LogP contribution in [0.1, 0.15) is 31.4 Å². The molecule has 0 aliphatic heterocycles. The van der Waals surface area contributed by atoms with Crippen LogP contribution in [0.15, 0.2) is 36.4 Å². The Bertz CT molecular complexity index is 454. The van der Waals surface area contributed by atoms with Crippen LogP contribution in [-0.4, -0.2) is 6.54 Å². The number of nitrogens with one attached hydrogen (secondary N) is 1. The van der Waals surface area contributed by atoms with Crippen LogP contribution in [0.5, 0.6) is 0 Å². The molecule has 4 atom stereocenters. The molecule has 3 rings (SSSR count). The van der Waals surface area contributed by atoms with Crippen LogP contribution in [0, 0.1) is 17.8 Å². The van der Waals surface area contributed by atoms with Gasteiger partial charge >= 0.3 is 0 Å². The van der Waals surface area contributed by atoms with Gasteiger partial charge in [-0.3, -0.25) is 0 Å². The molecule has 2 aliphatic rings. The molecule has 1 nitrogen and oxygen atoms in total. The lowest BCUT2D eigenvalue weighted by Gasteiger charge is -2.22. The highest BCUT2D eigenvalue weighted by atomic mass is 35.5. The fraction of sp³-hybridized carbons (Fsp3) is 0.500. The fourth-order valence-electron chi connectivity index (χ4n) is 3.39. The van der Waals surface area contributed by atoms with Gasteiger partial charge in [0.1, 0.15) is 0 Å². The maximum Gasteiger partial charge on any atom is 0.0453 e. The van der Waals surface area contributed by atoms with Gasteiger partial charge in [0.25, 0.3) is 0 Å². The summed E-state index contributed by atoms with van der Waals surface area (Å²) in [4.78, 5) is 0. The van der Waals surface area contributed by atoms with Gasteiger partial charge in [0.05, 0.1) is 0 Å². The smallest absolute Gasteiger partial charge is 0.0453 e. The molecule has 1 aromatic carbocycles. The average Bonchev–Trinajstić information content (AvgIpc) is 2.98. The Balaban J connectivity index is 1.57. The molecule has 0 saturated heterocycles. The minimum absolute atomic E-state index is 0.335. The molecule has 1 N–H and O–H groups in total. The molecule has 1 fully saturated rings. The second-order valence-electron chi connectivity index (χ2n) is 5.69. The Morgan fingerprint density at radius 3 is 2.78 bits per heavy atom. The van der Waals surface area contributed by atoms with Crippen LogP contribution in [0.4, 0.5) is 0 Å². The van der Waals surface area contributed by atoms with Gasteiger partial charge in [-0.05, 0) is 55.7 Å². The van der Waals surface area contributed by atoms with Gasteiger partial charge in [-0.1, -0.05) is 42.0 Å². The minimum Gasteiger partial charge on any atom is -0.310 e. The van der Waals surface area contributed by atoms with Gasteiger partial charge in [0.15, 0.2) is 0 Å². The van der Waals surface area contributed by atoms with E-state index in [2.05, 4.69) is 36.5 Å². The highest BCUT2D eigenvalue weighted by Gasteiger charge is 2.35. The molecule has 0 spiro atoms. The van der Waals surface area contributed by atoms with Crippen molar-refractivity contribution in [1.29, 1.82) is 0 Å². The number of allylic oxidation sites excluding steroid dienone is 2. The Labute approximate surface area is 114 Å². The lowest BCUT2D eigenvalue weighted by molar-refractivity contribution is 0.393. The van der Waals surface area contributed by atoms with Crippen LogP contribution in [0.3, 0.4) is 0 Å². The second-order valence-corrected chi connectivity index (χ2v) is 6.10. The van der Waals surface area contributed by atoms with Gasteiger partial charge in [-0.25, -0.2) is 0 Å². The molecule has 2 heteroatoms. The van der Waals surface area contributed by atoms with Crippen molar-refractivity contribution in [3.8, 4) is 0 Å². The summed E-state index contributed by atoms with van der Waals surface area (Å²) < 4.78 is 0. The predicted octanol–water partition coefficient (Wildman–Crippen LogP) is 4.20. The zero-order valence-corrected chi connectivity index (χ0v) is 11.5. The minimum atomic E-state index is 0.335. The van der Waals surface area contributed by atoms with E-state index >= 15 is 0 Å². The Morgan fingerprint density at radius 2 is 2.11 bits per heavy atom. The summed E-state index contributed by atoms with van der Waals surface area (Å²) in [6.07, 6.45) is 7.57.